The number of ether oxygens (including phenoxy) is 2. The molecule has 2 aliphatic rings. The topological polar surface area (TPSA) is 43.4 Å². The summed E-state index contributed by atoms with van der Waals surface area (Å²) in [6.45, 7) is 9.99. The molecule has 0 saturated carbocycles. The van der Waals surface area contributed by atoms with Crippen molar-refractivity contribution < 1.29 is 9.47 Å². The zero-order valence-electron chi connectivity index (χ0n) is 13.3. The number of nitrogens with zero attached hydrogens (tertiary/aromatic N) is 1. The van der Waals surface area contributed by atoms with Crippen LogP contribution in [0.3, 0.4) is 0 Å². The first-order valence-corrected chi connectivity index (χ1v) is 8.83. The maximum atomic E-state index is 5.81. The van der Waals surface area contributed by atoms with Crippen molar-refractivity contribution in [3.8, 4) is 0 Å². The summed E-state index contributed by atoms with van der Waals surface area (Å²) in [6, 6.07) is 0.444. The fourth-order valence-electron chi connectivity index (χ4n) is 3.20. The van der Waals surface area contributed by atoms with Crippen LogP contribution in [0.25, 0.3) is 0 Å². The highest BCUT2D eigenvalue weighted by molar-refractivity contribution is 7.11. The van der Waals surface area contributed by atoms with Crippen LogP contribution in [0.2, 0.25) is 0 Å². The molecule has 4 nitrogen and oxygen atoms in total. The van der Waals surface area contributed by atoms with Gasteiger partial charge in [-0.1, -0.05) is 20.8 Å². The van der Waals surface area contributed by atoms with Gasteiger partial charge in [0.1, 0.15) is 11.1 Å². The molecule has 0 radical (unpaired) electrons. The third kappa shape index (κ3) is 3.47. The van der Waals surface area contributed by atoms with Crippen molar-refractivity contribution in [2.75, 3.05) is 26.4 Å². The number of nitrogens with one attached hydrogen (secondary N) is 1. The molecule has 1 aliphatic heterocycles. The summed E-state index contributed by atoms with van der Waals surface area (Å²) in [4.78, 5) is 6.33. The maximum Gasteiger partial charge on any atom is 0.132 e. The van der Waals surface area contributed by atoms with Crippen molar-refractivity contribution in [1.29, 1.82) is 0 Å². The van der Waals surface area contributed by atoms with Crippen LogP contribution in [-0.2, 0) is 15.9 Å². The fourth-order valence-corrected chi connectivity index (χ4v) is 4.40. The average Bonchev–Trinajstić information content (AvgIpc) is 2.88. The molecule has 2 atom stereocenters. The molecule has 5 heteroatoms. The summed E-state index contributed by atoms with van der Waals surface area (Å²) < 4.78 is 11.3. The lowest BCUT2D eigenvalue weighted by Gasteiger charge is -2.34. The van der Waals surface area contributed by atoms with Gasteiger partial charge in [0.25, 0.3) is 0 Å². The molecule has 1 saturated heterocycles. The minimum Gasteiger partial charge on any atom is -0.376 e. The third-order valence-electron chi connectivity index (χ3n) is 4.20. The van der Waals surface area contributed by atoms with E-state index in [0.29, 0.717) is 31.3 Å². The molecule has 0 amide bonds. The Kier molecular flexibility index (Phi) is 4.64. The SMILES string of the molecule is CCCNC1CC(C)(C)Cc2nc(C3COCCO3)sc21. The predicted molar refractivity (Wildman–Crippen MR) is 84.8 cm³/mol. The minimum absolute atomic E-state index is 0.0317. The van der Waals surface area contributed by atoms with Gasteiger partial charge in [-0.3, -0.25) is 0 Å². The van der Waals surface area contributed by atoms with Crippen molar-refractivity contribution in [3.63, 3.8) is 0 Å². The van der Waals surface area contributed by atoms with Gasteiger partial charge in [0.15, 0.2) is 0 Å². The monoisotopic (exact) mass is 310 g/mol. The normalized spacial score (nSPS) is 28.3. The summed E-state index contributed by atoms with van der Waals surface area (Å²) in [5, 5.41) is 4.80. The van der Waals surface area contributed by atoms with E-state index in [1.807, 2.05) is 11.3 Å². The number of fused-ring (bicyclic) bond motifs is 1. The number of rotatable bonds is 4. The van der Waals surface area contributed by atoms with Crippen LogP contribution in [0.1, 0.15) is 61.3 Å². The van der Waals surface area contributed by atoms with Crippen LogP contribution < -0.4 is 5.32 Å². The van der Waals surface area contributed by atoms with E-state index < -0.39 is 0 Å². The highest BCUT2D eigenvalue weighted by Crippen LogP contribution is 2.44. The Morgan fingerprint density at radius 2 is 2.24 bits per heavy atom. The molecular formula is C16H26N2O2S. The summed E-state index contributed by atoms with van der Waals surface area (Å²) in [6.07, 6.45) is 3.45. The summed E-state index contributed by atoms with van der Waals surface area (Å²) >= 11 is 1.82. The van der Waals surface area contributed by atoms with E-state index in [9.17, 15) is 0 Å². The van der Waals surface area contributed by atoms with Crippen LogP contribution in [0.5, 0.6) is 0 Å². The van der Waals surface area contributed by atoms with Crippen molar-refractivity contribution in [3.05, 3.63) is 15.6 Å². The Bertz CT molecular complexity index is 481. The second kappa shape index (κ2) is 6.32. The lowest BCUT2D eigenvalue weighted by atomic mass is 9.76. The van der Waals surface area contributed by atoms with Crippen molar-refractivity contribution in [1.82, 2.24) is 10.3 Å². The van der Waals surface area contributed by atoms with E-state index in [2.05, 4.69) is 26.1 Å². The zero-order valence-corrected chi connectivity index (χ0v) is 14.1. The second-order valence-corrected chi connectivity index (χ2v) is 7.91. The van der Waals surface area contributed by atoms with Gasteiger partial charge in [0.05, 0.1) is 25.5 Å². The Morgan fingerprint density at radius 3 is 2.95 bits per heavy atom. The molecule has 2 heterocycles. The summed E-state index contributed by atoms with van der Waals surface area (Å²) in [5.74, 6) is 0. The molecule has 3 rings (SSSR count). The summed E-state index contributed by atoms with van der Waals surface area (Å²) in [5.41, 5.74) is 1.59. The Morgan fingerprint density at radius 1 is 1.38 bits per heavy atom. The van der Waals surface area contributed by atoms with Crippen molar-refractivity contribution in [2.24, 2.45) is 5.41 Å². The van der Waals surface area contributed by atoms with E-state index >= 15 is 0 Å². The first kappa shape index (κ1) is 15.4. The molecule has 21 heavy (non-hydrogen) atoms. The molecule has 0 aromatic carbocycles. The van der Waals surface area contributed by atoms with Gasteiger partial charge in [-0.2, -0.15) is 0 Å². The molecule has 0 bridgehead atoms. The molecule has 1 fully saturated rings. The lowest BCUT2D eigenvalue weighted by Crippen LogP contribution is -2.33. The van der Waals surface area contributed by atoms with Crippen LogP contribution in [0, 0.1) is 5.41 Å². The van der Waals surface area contributed by atoms with Crippen LogP contribution in [0.15, 0.2) is 0 Å². The Balaban J connectivity index is 1.83. The fraction of sp³-hybridized carbons (Fsp3) is 0.812. The van der Waals surface area contributed by atoms with Crippen LogP contribution in [-0.4, -0.2) is 31.3 Å². The first-order chi connectivity index (χ1) is 10.1. The molecule has 0 spiro atoms. The Labute approximate surface area is 131 Å². The van der Waals surface area contributed by atoms with Gasteiger partial charge in [-0.25, -0.2) is 4.98 Å². The number of hydrogen-bond acceptors (Lipinski definition) is 5. The van der Waals surface area contributed by atoms with E-state index in [-0.39, 0.29) is 6.10 Å². The largest absolute Gasteiger partial charge is 0.376 e. The van der Waals surface area contributed by atoms with Gasteiger partial charge in [-0.05, 0) is 31.2 Å². The molecule has 1 aromatic rings. The quantitative estimate of drug-likeness (QED) is 0.927. The van der Waals surface area contributed by atoms with Crippen LogP contribution in [0.4, 0.5) is 0 Å². The van der Waals surface area contributed by atoms with Gasteiger partial charge in [0, 0.05) is 10.9 Å². The molecule has 118 valence electrons. The summed E-state index contributed by atoms with van der Waals surface area (Å²) in [7, 11) is 0. The molecule has 1 aromatic heterocycles. The van der Waals surface area contributed by atoms with E-state index in [0.717, 1.165) is 24.4 Å². The van der Waals surface area contributed by atoms with Gasteiger partial charge in [0.2, 0.25) is 0 Å². The van der Waals surface area contributed by atoms with Gasteiger partial charge < -0.3 is 14.8 Å². The lowest BCUT2D eigenvalue weighted by molar-refractivity contribution is -0.0902. The highest BCUT2D eigenvalue weighted by Gasteiger charge is 2.36. The first-order valence-electron chi connectivity index (χ1n) is 8.01. The number of hydrogen-bond donors (Lipinski definition) is 1. The van der Waals surface area contributed by atoms with E-state index in [1.165, 1.54) is 17.0 Å². The zero-order chi connectivity index (χ0) is 14.9. The van der Waals surface area contributed by atoms with Gasteiger partial charge >= 0.3 is 0 Å². The predicted octanol–water partition coefficient (Wildman–Crippen LogP) is 3.24. The molecule has 1 N–H and O–H groups in total. The Hall–Kier alpha value is -0.490. The average molecular weight is 310 g/mol. The van der Waals surface area contributed by atoms with Gasteiger partial charge in [-0.15, -0.1) is 11.3 Å². The number of thiazole rings is 1. The molecule has 1 aliphatic carbocycles. The smallest absolute Gasteiger partial charge is 0.132 e. The van der Waals surface area contributed by atoms with Crippen molar-refractivity contribution >= 4 is 11.3 Å². The van der Waals surface area contributed by atoms with Crippen LogP contribution >= 0.6 is 11.3 Å². The number of aromatic nitrogens is 1. The standard InChI is InChI=1S/C16H26N2O2S/c1-4-5-17-11-8-16(2,3)9-12-14(11)21-15(18-12)13-10-19-6-7-20-13/h11,13,17H,4-10H2,1-3H3. The van der Waals surface area contributed by atoms with Crippen molar-refractivity contribution in [2.45, 2.75) is 52.2 Å². The third-order valence-corrected chi connectivity index (χ3v) is 5.50. The molecular weight excluding hydrogens is 284 g/mol. The highest BCUT2D eigenvalue weighted by atomic mass is 32.1. The van der Waals surface area contributed by atoms with E-state index in [4.69, 9.17) is 14.5 Å². The second-order valence-electron chi connectivity index (χ2n) is 6.85. The maximum absolute atomic E-state index is 5.81. The molecule has 2 unspecified atom stereocenters. The van der Waals surface area contributed by atoms with E-state index in [1.54, 1.807) is 0 Å². The minimum atomic E-state index is 0.0317.